The maximum atomic E-state index is 13.4. The summed E-state index contributed by atoms with van der Waals surface area (Å²) in [6, 6.07) is 4.33. The molecule has 3 heterocycles. The molecule has 2 aliphatic heterocycles. The van der Waals surface area contributed by atoms with Crippen LogP contribution in [0, 0.1) is 13.8 Å². The molecule has 1 amide bonds. The summed E-state index contributed by atoms with van der Waals surface area (Å²) < 4.78 is 46.3. The summed E-state index contributed by atoms with van der Waals surface area (Å²) in [6.45, 7) is 14.6. The van der Waals surface area contributed by atoms with E-state index < -0.39 is 11.7 Å². The number of ether oxygens (including phenoxy) is 1. The van der Waals surface area contributed by atoms with Gasteiger partial charge in [-0.1, -0.05) is 6.07 Å². The van der Waals surface area contributed by atoms with Gasteiger partial charge in [0.05, 0.1) is 34.7 Å². The van der Waals surface area contributed by atoms with Crippen LogP contribution in [0.1, 0.15) is 78.1 Å². The van der Waals surface area contributed by atoms with Crippen LogP contribution in [0.5, 0.6) is 0 Å². The number of alkyl halides is 3. The molecule has 41 heavy (non-hydrogen) atoms. The van der Waals surface area contributed by atoms with E-state index in [2.05, 4.69) is 33.6 Å². The predicted octanol–water partition coefficient (Wildman–Crippen LogP) is 5.24. The van der Waals surface area contributed by atoms with Crippen molar-refractivity contribution in [2.24, 2.45) is 0 Å². The molecule has 0 bridgehead atoms. The number of fused-ring (bicyclic) bond motifs is 1. The predicted molar refractivity (Wildman–Crippen MR) is 153 cm³/mol. The normalized spacial score (nSPS) is 25.1. The number of hydrogen-bond donors (Lipinski definition) is 0. The first-order valence-corrected chi connectivity index (χ1v) is 14.3. The van der Waals surface area contributed by atoms with E-state index in [4.69, 9.17) is 4.74 Å². The van der Waals surface area contributed by atoms with Crippen molar-refractivity contribution in [2.75, 3.05) is 39.3 Å². The zero-order valence-corrected chi connectivity index (χ0v) is 25.3. The van der Waals surface area contributed by atoms with Crippen molar-refractivity contribution in [1.82, 2.24) is 24.7 Å². The second-order valence-corrected chi connectivity index (χ2v) is 11.8. The lowest BCUT2D eigenvalue weighted by molar-refractivity contribution is -0.137. The number of aryl methyl sites for hydroxylation is 2. The summed E-state index contributed by atoms with van der Waals surface area (Å²) in [7, 11) is 0. The van der Waals surface area contributed by atoms with Crippen LogP contribution >= 0.6 is 12.4 Å². The molecule has 0 N–H and O–H groups in total. The number of amides is 1. The molecule has 0 saturated carbocycles. The van der Waals surface area contributed by atoms with Gasteiger partial charge < -0.3 is 9.64 Å². The average Bonchev–Trinajstić information content (AvgIpc) is 3.25. The Labute approximate surface area is 246 Å². The van der Waals surface area contributed by atoms with Crippen LogP contribution in [-0.2, 0) is 17.3 Å². The standard InChI is InChI=1S/C30H40F3N5O2.ClH/c1-6-40-25-16-22-15-23(30(31,32)33)7-8-24(22)27(25)38-14-13-37(17-19(38)2)29(5)9-11-36(12-10-29)28(39)26-20(3)34-18-35-21(26)4;/h7-8,15,18-19,25,27H,6,9-14,16-17H2,1-5H3;1H/t19-,25+,27-;/m0./s1. The topological polar surface area (TPSA) is 61.8 Å². The Bertz CT molecular complexity index is 1230. The van der Waals surface area contributed by atoms with Crippen LogP contribution in [-0.4, -0.2) is 87.6 Å². The summed E-state index contributed by atoms with van der Waals surface area (Å²) in [5, 5.41) is 0. The molecule has 11 heteroatoms. The molecule has 7 nitrogen and oxygen atoms in total. The van der Waals surface area contributed by atoms with E-state index in [9.17, 15) is 18.0 Å². The Morgan fingerprint density at radius 2 is 1.76 bits per heavy atom. The number of piperidine rings is 1. The molecule has 1 aromatic heterocycles. The highest BCUT2D eigenvalue weighted by Crippen LogP contribution is 2.43. The van der Waals surface area contributed by atoms with Gasteiger partial charge in [-0.25, -0.2) is 9.97 Å². The van der Waals surface area contributed by atoms with Crippen LogP contribution in [0.2, 0.25) is 0 Å². The van der Waals surface area contributed by atoms with E-state index >= 15 is 0 Å². The lowest BCUT2D eigenvalue weighted by atomic mass is 9.86. The van der Waals surface area contributed by atoms with Crippen molar-refractivity contribution in [2.45, 2.75) is 83.8 Å². The number of benzene rings is 1. The highest BCUT2D eigenvalue weighted by molar-refractivity contribution is 5.96. The minimum Gasteiger partial charge on any atom is -0.376 e. The summed E-state index contributed by atoms with van der Waals surface area (Å²) in [5.41, 5.74) is 3.11. The monoisotopic (exact) mass is 595 g/mol. The van der Waals surface area contributed by atoms with Gasteiger partial charge in [0.25, 0.3) is 5.91 Å². The third-order valence-corrected chi connectivity index (χ3v) is 9.31. The zero-order chi connectivity index (χ0) is 28.8. The van der Waals surface area contributed by atoms with Gasteiger partial charge in [0.2, 0.25) is 0 Å². The van der Waals surface area contributed by atoms with Crippen molar-refractivity contribution in [3.8, 4) is 0 Å². The van der Waals surface area contributed by atoms with Crippen molar-refractivity contribution in [1.29, 1.82) is 0 Å². The highest BCUT2D eigenvalue weighted by atomic mass is 35.5. The van der Waals surface area contributed by atoms with Crippen LogP contribution in [0.3, 0.4) is 0 Å². The van der Waals surface area contributed by atoms with E-state index in [1.165, 1.54) is 18.5 Å². The molecule has 1 aromatic carbocycles. The van der Waals surface area contributed by atoms with Gasteiger partial charge in [0.1, 0.15) is 6.33 Å². The zero-order valence-electron chi connectivity index (χ0n) is 24.5. The Kier molecular flexibility index (Phi) is 9.38. The smallest absolute Gasteiger partial charge is 0.376 e. The molecule has 3 atom stereocenters. The van der Waals surface area contributed by atoms with E-state index in [1.807, 2.05) is 25.7 Å². The maximum Gasteiger partial charge on any atom is 0.416 e. The molecular weight excluding hydrogens is 555 g/mol. The molecule has 0 radical (unpaired) electrons. The number of aromatic nitrogens is 2. The summed E-state index contributed by atoms with van der Waals surface area (Å²) >= 11 is 0. The quantitative estimate of drug-likeness (QED) is 0.471. The lowest BCUT2D eigenvalue weighted by Gasteiger charge is -2.53. The minimum atomic E-state index is -4.35. The first-order chi connectivity index (χ1) is 18.9. The molecule has 0 spiro atoms. The van der Waals surface area contributed by atoms with Crippen molar-refractivity contribution in [3.63, 3.8) is 0 Å². The Morgan fingerprint density at radius 3 is 2.34 bits per heavy atom. The van der Waals surface area contributed by atoms with E-state index in [0.717, 1.165) is 43.6 Å². The average molecular weight is 596 g/mol. The van der Waals surface area contributed by atoms with E-state index in [1.54, 1.807) is 6.07 Å². The fourth-order valence-corrected chi connectivity index (χ4v) is 6.98. The number of hydrogen-bond acceptors (Lipinski definition) is 6. The Hall–Kier alpha value is -2.27. The summed E-state index contributed by atoms with van der Waals surface area (Å²) in [5.74, 6) is 0.00591. The minimum absolute atomic E-state index is 0. The molecule has 226 valence electrons. The van der Waals surface area contributed by atoms with Crippen LogP contribution in [0.15, 0.2) is 24.5 Å². The molecule has 3 aliphatic rings. The van der Waals surface area contributed by atoms with Crippen LogP contribution < -0.4 is 0 Å². The summed E-state index contributed by atoms with van der Waals surface area (Å²) in [4.78, 5) is 28.6. The van der Waals surface area contributed by atoms with Crippen molar-refractivity contribution < 1.29 is 22.7 Å². The molecule has 1 aliphatic carbocycles. The van der Waals surface area contributed by atoms with Gasteiger partial charge in [-0.2, -0.15) is 13.2 Å². The molecule has 2 saturated heterocycles. The first-order valence-electron chi connectivity index (χ1n) is 14.3. The highest BCUT2D eigenvalue weighted by Gasteiger charge is 2.45. The lowest BCUT2D eigenvalue weighted by Crippen LogP contribution is -2.62. The Morgan fingerprint density at radius 1 is 1.10 bits per heavy atom. The molecule has 2 aromatic rings. The number of carbonyl (C=O) groups excluding carboxylic acids is 1. The number of likely N-dealkylation sites (tertiary alicyclic amines) is 1. The van der Waals surface area contributed by atoms with Gasteiger partial charge in [-0.05, 0) is 70.7 Å². The molecule has 5 rings (SSSR count). The fraction of sp³-hybridized carbons (Fsp3) is 0.633. The molecular formula is C30H41ClF3N5O2. The number of piperazine rings is 1. The summed E-state index contributed by atoms with van der Waals surface area (Å²) in [6.07, 6.45) is -0.754. The largest absolute Gasteiger partial charge is 0.416 e. The molecule has 2 fully saturated rings. The molecule has 0 unspecified atom stereocenters. The van der Waals surface area contributed by atoms with Gasteiger partial charge in [-0.3, -0.25) is 14.6 Å². The van der Waals surface area contributed by atoms with Gasteiger partial charge in [-0.15, -0.1) is 12.4 Å². The fourth-order valence-electron chi connectivity index (χ4n) is 6.98. The Balaban J connectivity index is 0.00000387. The SMILES string of the molecule is CCO[C@@H]1Cc2cc(C(F)(F)F)ccc2[C@@H]1N1CCN(C2(C)CCN(C(=O)c3c(C)ncnc3C)CC2)C[C@@H]1C.Cl. The number of rotatable bonds is 5. The van der Waals surface area contributed by atoms with Gasteiger partial charge in [0, 0.05) is 57.3 Å². The van der Waals surface area contributed by atoms with Crippen LogP contribution in [0.4, 0.5) is 13.2 Å². The number of nitrogens with zero attached hydrogens (tertiary/aromatic N) is 5. The van der Waals surface area contributed by atoms with Crippen molar-refractivity contribution >= 4 is 18.3 Å². The third kappa shape index (κ3) is 6.12. The van der Waals surface area contributed by atoms with Gasteiger partial charge in [0.15, 0.2) is 0 Å². The second kappa shape index (κ2) is 12.1. The van der Waals surface area contributed by atoms with E-state index in [0.29, 0.717) is 43.1 Å². The number of halogens is 4. The third-order valence-electron chi connectivity index (χ3n) is 9.31. The second-order valence-electron chi connectivity index (χ2n) is 11.8. The maximum absolute atomic E-state index is 13.4. The number of carbonyl (C=O) groups is 1. The van der Waals surface area contributed by atoms with Gasteiger partial charge >= 0.3 is 6.18 Å². The van der Waals surface area contributed by atoms with E-state index in [-0.39, 0.29) is 42.0 Å². The van der Waals surface area contributed by atoms with Crippen LogP contribution in [0.25, 0.3) is 0 Å². The first kappa shape index (κ1) is 31.7. The van der Waals surface area contributed by atoms with Crippen molar-refractivity contribution in [3.05, 3.63) is 58.2 Å².